The first-order chi connectivity index (χ1) is 9.79. The maximum atomic E-state index is 12.6. The first-order valence-electron chi connectivity index (χ1n) is 7.11. The molecular formula is C15H19NO4. The van der Waals surface area contributed by atoms with Gasteiger partial charge in [0, 0.05) is 24.8 Å². The van der Waals surface area contributed by atoms with E-state index >= 15 is 0 Å². The number of nitrogens with zero attached hydrogens (tertiary/aromatic N) is 1. The average molecular weight is 277 g/mol. The lowest BCUT2D eigenvalue weighted by molar-refractivity contribution is 0.0724. The number of benzene rings is 1. The molecule has 1 unspecified atom stereocenters. The van der Waals surface area contributed by atoms with Gasteiger partial charge in [0.2, 0.25) is 6.79 Å². The van der Waals surface area contributed by atoms with E-state index in [1.54, 1.807) is 18.2 Å². The number of amides is 1. The van der Waals surface area contributed by atoms with Gasteiger partial charge in [0.25, 0.3) is 5.91 Å². The number of carbonyl (C=O) groups is 1. The number of hydrogen-bond donors (Lipinski definition) is 1. The van der Waals surface area contributed by atoms with Crippen LogP contribution in [0.1, 0.15) is 36.0 Å². The van der Waals surface area contributed by atoms with Crippen LogP contribution < -0.4 is 9.47 Å². The van der Waals surface area contributed by atoms with E-state index in [9.17, 15) is 4.79 Å². The molecule has 5 heteroatoms. The molecule has 1 N–H and O–H groups in total. The largest absolute Gasteiger partial charge is 0.454 e. The van der Waals surface area contributed by atoms with Gasteiger partial charge in [0.05, 0.1) is 0 Å². The van der Waals surface area contributed by atoms with Crippen molar-refractivity contribution in [3.05, 3.63) is 23.8 Å². The van der Waals surface area contributed by atoms with E-state index in [0.29, 0.717) is 17.1 Å². The molecule has 5 nitrogen and oxygen atoms in total. The zero-order valence-corrected chi connectivity index (χ0v) is 11.4. The van der Waals surface area contributed by atoms with Gasteiger partial charge in [-0.25, -0.2) is 0 Å². The molecule has 3 rings (SSSR count). The van der Waals surface area contributed by atoms with Gasteiger partial charge >= 0.3 is 0 Å². The summed E-state index contributed by atoms with van der Waals surface area (Å²) in [5.41, 5.74) is 0.644. The highest BCUT2D eigenvalue weighted by Gasteiger charge is 2.29. The van der Waals surface area contributed by atoms with E-state index in [0.717, 1.165) is 32.2 Å². The number of ether oxygens (including phenoxy) is 2. The molecule has 0 spiro atoms. The Kier molecular flexibility index (Phi) is 3.78. The second kappa shape index (κ2) is 5.71. The van der Waals surface area contributed by atoms with Gasteiger partial charge in [-0.2, -0.15) is 0 Å². The van der Waals surface area contributed by atoms with Gasteiger partial charge in [0.1, 0.15) is 0 Å². The first-order valence-corrected chi connectivity index (χ1v) is 7.11. The summed E-state index contributed by atoms with van der Waals surface area (Å²) in [7, 11) is 0. The Morgan fingerprint density at radius 1 is 1.35 bits per heavy atom. The minimum atomic E-state index is 0.0451. The molecule has 1 amide bonds. The minimum Gasteiger partial charge on any atom is -0.454 e. The van der Waals surface area contributed by atoms with Crippen LogP contribution >= 0.6 is 0 Å². The Balaban J connectivity index is 1.74. The Labute approximate surface area is 118 Å². The predicted octanol–water partition coefficient (Wildman–Crippen LogP) is 1.79. The monoisotopic (exact) mass is 277 g/mol. The molecule has 20 heavy (non-hydrogen) atoms. The summed E-state index contributed by atoms with van der Waals surface area (Å²) in [4.78, 5) is 14.5. The van der Waals surface area contributed by atoms with Crippen LogP contribution in [0.5, 0.6) is 11.5 Å². The average Bonchev–Trinajstić information content (AvgIpc) is 3.12. The maximum absolute atomic E-state index is 12.6. The molecule has 1 fully saturated rings. The van der Waals surface area contributed by atoms with Crippen LogP contribution in [-0.2, 0) is 0 Å². The third kappa shape index (κ3) is 2.45. The van der Waals surface area contributed by atoms with Crippen molar-refractivity contribution in [1.29, 1.82) is 0 Å². The number of fused-ring (bicyclic) bond motifs is 1. The molecule has 2 aliphatic heterocycles. The topological polar surface area (TPSA) is 59.0 Å². The third-order valence-electron chi connectivity index (χ3n) is 3.95. The van der Waals surface area contributed by atoms with Crippen molar-refractivity contribution in [3.8, 4) is 11.5 Å². The van der Waals surface area contributed by atoms with Gasteiger partial charge in [0.15, 0.2) is 11.5 Å². The minimum absolute atomic E-state index is 0.0451. The Hall–Kier alpha value is -1.75. The number of rotatable bonds is 4. The highest BCUT2D eigenvalue weighted by molar-refractivity contribution is 5.95. The van der Waals surface area contributed by atoms with Gasteiger partial charge < -0.3 is 19.5 Å². The van der Waals surface area contributed by atoms with Gasteiger partial charge in [-0.15, -0.1) is 0 Å². The van der Waals surface area contributed by atoms with E-state index in [4.69, 9.17) is 14.6 Å². The van der Waals surface area contributed by atoms with Crippen LogP contribution in [0.25, 0.3) is 0 Å². The lowest BCUT2D eigenvalue weighted by atomic mass is 10.1. The standard InChI is InChI=1S/C15H19NO4/c17-8-2-4-12-3-1-7-16(12)15(18)11-5-6-13-14(9-11)20-10-19-13/h5-6,9,12,17H,1-4,7-8,10H2. The van der Waals surface area contributed by atoms with Crippen LogP contribution in [0.2, 0.25) is 0 Å². The molecule has 1 aromatic rings. The van der Waals surface area contributed by atoms with Gasteiger partial charge in [-0.05, 0) is 43.9 Å². The summed E-state index contributed by atoms with van der Waals surface area (Å²) in [6, 6.07) is 5.58. The van der Waals surface area contributed by atoms with E-state index in [2.05, 4.69) is 0 Å². The highest BCUT2D eigenvalue weighted by Crippen LogP contribution is 2.33. The molecule has 0 saturated carbocycles. The fourth-order valence-corrected chi connectivity index (χ4v) is 2.93. The molecule has 0 aromatic heterocycles. The zero-order chi connectivity index (χ0) is 13.9. The number of likely N-dealkylation sites (tertiary alicyclic amines) is 1. The lowest BCUT2D eigenvalue weighted by Crippen LogP contribution is -2.35. The fourth-order valence-electron chi connectivity index (χ4n) is 2.93. The lowest BCUT2D eigenvalue weighted by Gasteiger charge is -2.24. The molecule has 1 atom stereocenters. The second-order valence-electron chi connectivity index (χ2n) is 5.23. The smallest absolute Gasteiger partial charge is 0.254 e. The number of hydrogen-bond acceptors (Lipinski definition) is 4. The Morgan fingerprint density at radius 2 is 2.20 bits per heavy atom. The molecule has 0 radical (unpaired) electrons. The van der Waals surface area contributed by atoms with Crippen LogP contribution in [0, 0.1) is 0 Å². The van der Waals surface area contributed by atoms with Crippen molar-refractivity contribution in [1.82, 2.24) is 4.90 Å². The number of aliphatic hydroxyl groups is 1. The van der Waals surface area contributed by atoms with E-state index in [-0.39, 0.29) is 25.3 Å². The Bertz CT molecular complexity index is 503. The van der Waals surface area contributed by atoms with Crippen molar-refractivity contribution in [2.45, 2.75) is 31.7 Å². The quantitative estimate of drug-likeness (QED) is 0.911. The first kappa shape index (κ1) is 13.2. The van der Waals surface area contributed by atoms with Crippen LogP contribution in [0.15, 0.2) is 18.2 Å². The van der Waals surface area contributed by atoms with E-state index in [1.807, 2.05) is 4.90 Å². The van der Waals surface area contributed by atoms with Crippen molar-refractivity contribution in [2.24, 2.45) is 0 Å². The van der Waals surface area contributed by atoms with Crippen molar-refractivity contribution < 1.29 is 19.4 Å². The highest BCUT2D eigenvalue weighted by atomic mass is 16.7. The SMILES string of the molecule is O=C(c1ccc2c(c1)OCO2)N1CCCC1CCCO. The summed E-state index contributed by atoms with van der Waals surface area (Å²) in [6.07, 6.45) is 3.67. The number of carbonyl (C=O) groups excluding carboxylic acids is 1. The van der Waals surface area contributed by atoms with Gasteiger partial charge in [-0.3, -0.25) is 4.79 Å². The summed E-state index contributed by atoms with van der Waals surface area (Å²) in [5, 5.41) is 8.94. The molecule has 2 aliphatic rings. The third-order valence-corrected chi connectivity index (χ3v) is 3.95. The van der Waals surface area contributed by atoms with Crippen LogP contribution in [0.4, 0.5) is 0 Å². The molecule has 2 heterocycles. The van der Waals surface area contributed by atoms with Crippen LogP contribution in [0.3, 0.4) is 0 Å². The molecular weight excluding hydrogens is 258 g/mol. The van der Waals surface area contributed by atoms with E-state index in [1.165, 1.54) is 0 Å². The summed E-state index contributed by atoms with van der Waals surface area (Å²) < 4.78 is 10.6. The van der Waals surface area contributed by atoms with E-state index < -0.39 is 0 Å². The Morgan fingerprint density at radius 3 is 3.05 bits per heavy atom. The molecule has 1 saturated heterocycles. The number of aliphatic hydroxyl groups excluding tert-OH is 1. The molecule has 1 aromatic carbocycles. The van der Waals surface area contributed by atoms with Crippen LogP contribution in [-0.4, -0.2) is 41.9 Å². The zero-order valence-electron chi connectivity index (χ0n) is 11.4. The fraction of sp³-hybridized carbons (Fsp3) is 0.533. The van der Waals surface area contributed by atoms with Crippen molar-refractivity contribution >= 4 is 5.91 Å². The maximum Gasteiger partial charge on any atom is 0.254 e. The predicted molar refractivity (Wildman–Crippen MR) is 72.9 cm³/mol. The van der Waals surface area contributed by atoms with Crippen molar-refractivity contribution in [3.63, 3.8) is 0 Å². The molecule has 0 aliphatic carbocycles. The normalized spacial score (nSPS) is 20.4. The molecule has 0 bridgehead atoms. The molecule has 108 valence electrons. The summed E-state index contributed by atoms with van der Waals surface area (Å²) >= 11 is 0. The van der Waals surface area contributed by atoms with Gasteiger partial charge in [-0.1, -0.05) is 0 Å². The second-order valence-corrected chi connectivity index (χ2v) is 5.23. The van der Waals surface area contributed by atoms with Crippen molar-refractivity contribution in [2.75, 3.05) is 19.9 Å². The summed E-state index contributed by atoms with van der Waals surface area (Å²) in [6.45, 7) is 1.20. The summed E-state index contributed by atoms with van der Waals surface area (Å²) in [5.74, 6) is 1.38.